The monoisotopic (exact) mass is 384 g/mol. The van der Waals surface area contributed by atoms with Gasteiger partial charge in [-0.05, 0) is 42.7 Å². The molecule has 0 aromatic heterocycles. The Morgan fingerprint density at radius 2 is 2.00 bits per heavy atom. The molecule has 3 rings (SSSR count). The molecular formula is C22H28N2O4. The lowest BCUT2D eigenvalue weighted by molar-refractivity contribution is 0.0157. The first kappa shape index (κ1) is 20.2. The SMILES string of the molecule is COc1ccc(CN2Cc3ccc(C(=O)NO)cc3OC[C@]2(C)C(C)C)cc1. The van der Waals surface area contributed by atoms with Gasteiger partial charge in [-0.15, -0.1) is 0 Å². The fraction of sp³-hybridized carbons (Fsp3) is 0.409. The van der Waals surface area contributed by atoms with Gasteiger partial charge in [0.15, 0.2) is 0 Å². The molecule has 1 aliphatic heterocycles. The van der Waals surface area contributed by atoms with Gasteiger partial charge >= 0.3 is 0 Å². The number of carbonyl (C=O) groups is 1. The molecule has 6 nitrogen and oxygen atoms in total. The lowest BCUT2D eigenvalue weighted by Gasteiger charge is -2.42. The number of hydroxylamine groups is 1. The summed E-state index contributed by atoms with van der Waals surface area (Å²) in [6, 6.07) is 13.4. The number of nitrogens with one attached hydrogen (secondary N) is 1. The summed E-state index contributed by atoms with van der Waals surface area (Å²) >= 11 is 0. The molecule has 0 spiro atoms. The molecule has 2 aromatic carbocycles. The van der Waals surface area contributed by atoms with Crippen LogP contribution in [0.1, 0.15) is 42.3 Å². The van der Waals surface area contributed by atoms with E-state index in [0.717, 1.165) is 17.9 Å². The van der Waals surface area contributed by atoms with Crippen LogP contribution in [0.2, 0.25) is 0 Å². The van der Waals surface area contributed by atoms with Gasteiger partial charge in [-0.1, -0.05) is 32.0 Å². The van der Waals surface area contributed by atoms with Gasteiger partial charge in [0.2, 0.25) is 0 Å². The molecule has 0 aliphatic carbocycles. The summed E-state index contributed by atoms with van der Waals surface area (Å²) < 4.78 is 11.4. The second-order valence-corrected chi connectivity index (χ2v) is 7.77. The normalized spacial score (nSPS) is 19.5. The van der Waals surface area contributed by atoms with Crippen LogP contribution in [-0.4, -0.2) is 35.3 Å². The van der Waals surface area contributed by atoms with E-state index < -0.39 is 5.91 Å². The number of methoxy groups -OCH3 is 1. The number of fused-ring (bicyclic) bond motifs is 1. The van der Waals surface area contributed by atoms with E-state index in [1.54, 1.807) is 24.7 Å². The summed E-state index contributed by atoms with van der Waals surface area (Å²) in [5.41, 5.74) is 4.09. The maximum absolute atomic E-state index is 11.7. The number of rotatable bonds is 5. The Balaban J connectivity index is 1.92. The van der Waals surface area contributed by atoms with Crippen LogP contribution in [0.4, 0.5) is 0 Å². The number of nitrogens with zero attached hydrogens (tertiary/aromatic N) is 1. The zero-order chi connectivity index (χ0) is 20.3. The number of hydrogen-bond acceptors (Lipinski definition) is 5. The van der Waals surface area contributed by atoms with Crippen molar-refractivity contribution in [2.45, 2.75) is 39.4 Å². The molecule has 0 bridgehead atoms. The molecule has 1 aliphatic rings. The molecule has 1 heterocycles. The molecular weight excluding hydrogens is 356 g/mol. The van der Waals surface area contributed by atoms with Gasteiger partial charge in [-0.3, -0.25) is 14.9 Å². The lowest BCUT2D eigenvalue weighted by Crippen LogP contribution is -2.52. The van der Waals surface area contributed by atoms with Gasteiger partial charge in [0.25, 0.3) is 5.91 Å². The molecule has 28 heavy (non-hydrogen) atoms. The van der Waals surface area contributed by atoms with Crippen molar-refractivity contribution in [2.75, 3.05) is 13.7 Å². The Morgan fingerprint density at radius 1 is 1.29 bits per heavy atom. The van der Waals surface area contributed by atoms with Gasteiger partial charge in [0, 0.05) is 24.2 Å². The summed E-state index contributed by atoms with van der Waals surface area (Å²) in [6.07, 6.45) is 0. The molecule has 6 heteroatoms. The zero-order valence-corrected chi connectivity index (χ0v) is 16.9. The quantitative estimate of drug-likeness (QED) is 0.609. The minimum absolute atomic E-state index is 0.182. The number of hydrogen-bond donors (Lipinski definition) is 2. The molecule has 0 saturated carbocycles. The van der Waals surface area contributed by atoms with Crippen molar-refractivity contribution in [1.29, 1.82) is 0 Å². The predicted molar refractivity (Wildman–Crippen MR) is 107 cm³/mol. The van der Waals surface area contributed by atoms with Crippen LogP contribution in [0.25, 0.3) is 0 Å². The van der Waals surface area contributed by atoms with E-state index in [0.29, 0.717) is 30.4 Å². The highest BCUT2D eigenvalue weighted by Gasteiger charge is 2.38. The second-order valence-electron chi connectivity index (χ2n) is 7.77. The Kier molecular flexibility index (Phi) is 5.91. The fourth-order valence-electron chi connectivity index (χ4n) is 3.45. The highest BCUT2D eigenvalue weighted by atomic mass is 16.5. The Labute approximate surface area is 166 Å². The second kappa shape index (κ2) is 8.20. The summed E-state index contributed by atoms with van der Waals surface area (Å²) in [5, 5.41) is 8.89. The Morgan fingerprint density at radius 3 is 2.61 bits per heavy atom. The molecule has 0 saturated heterocycles. The van der Waals surface area contributed by atoms with E-state index >= 15 is 0 Å². The number of ether oxygens (including phenoxy) is 2. The topological polar surface area (TPSA) is 71.0 Å². The van der Waals surface area contributed by atoms with Crippen molar-refractivity contribution in [3.63, 3.8) is 0 Å². The third-order valence-corrected chi connectivity index (χ3v) is 5.81. The van der Waals surface area contributed by atoms with Crippen molar-refractivity contribution in [3.8, 4) is 11.5 Å². The van der Waals surface area contributed by atoms with E-state index in [1.165, 1.54) is 5.56 Å². The molecule has 2 N–H and O–H groups in total. The highest BCUT2D eigenvalue weighted by Crippen LogP contribution is 2.35. The molecule has 0 unspecified atom stereocenters. The molecule has 1 atom stereocenters. The van der Waals surface area contributed by atoms with Crippen molar-refractivity contribution in [1.82, 2.24) is 10.4 Å². The number of carbonyl (C=O) groups excluding carboxylic acids is 1. The van der Waals surface area contributed by atoms with Gasteiger partial charge in [0.1, 0.15) is 18.1 Å². The molecule has 150 valence electrons. The standard InChI is InChI=1S/C22H28N2O4/c1-15(2)22(3)14-28-20-11-17(21(25)23-26)7-8-18(20)13-24(22)12-16-5-9-19(27-4)10-6-16/h5-11,15,26H,12-14H2,1-4H3,(H,23,25)/t22-/m1/s1. The van der Waals surface area contributed by atoms with Crippen LogP contribution in [0.15, 0.2) is 42.5 Å². The van der Waals surface area contributed by atoms with Crippen LogP contribution in [-0.2, 0) is 13.1 Å². The van der Waals surface area contributed by atoms with Gasteiger partial charge in [-0.25, -0.2) is 5.48 Å². The predicted octanol–water partition coefficient (Wildman–Crippen LogP) is 3.62. The first-order chi connectivity index (χ1) is 13.4. The minimum atomic E-state index is -0.544. The van der Waals surface area contributed by atoms with Gasteiger partial charge in [0.05, 0.1) is 12.6 Å². The number of benzene rings is 2. The Bertz CT molecular complexity index is 835. The van der Waals surface area contributed by atoms with Gasteiger partial charge < -0.3 is 9.47 Å². The first-order valence-electron chi connectivity index (χ1n) is 9.45. The molecule has 2 aromatic rings. The molecule has 1 amide bonds. The largest absolute Gasteiger partial charge is 0.497 e. The van der Waals surface area contributed by atoms with Crippen LogP contribution in [0.5, 0.6) is 11.5 Å². The lowest BCUT2D eigenvalue weighted by atomic mass is 9.86. The van der Waals surface area contributed by atoms with E-state index in [-0.39, 0.29) is 5.54 Å². The Hall–Kier alpha value is -2.57. The van der Waals surface area contributed by atoms with E-state index in [2.05, 4.69) is 37.8 Å². The maximum atomic E-state index is 11.7. The van der Waals surface area contributed by atoms with Crippen molar-refractivity contribution in [2.24, 2.45) is 5.92 Å². The average Bonchev–Trinajstić information content (AvgIpc) is 2.85. The third-order valence-electron chi connectivity index (χ3n) is 5.81. The van der Waals surface area contributed by atoms with Crippen LogP contribution in [0, 0.1) is 5.92 Å². The summed E-state index contributed by atoms with van der Waals surface area (Å²) in [7, 11) is 1.67. The van der Waals surface area contributed by atoms with E-state index in [9.17, 15) is 4.79 Å². The summed E-state index contributed by atoms with van der Waals surface area (Å²) in [6.45, 7) is 8.61. The molecule has 0 radical (unpaired) electrons. The van der Waals surface area contributed by atoms with E-state index in [1.807, 2.05) is 18.2 Å². The van der Waals surface area contributed by atoms with Gasteiger partial charge in [-0.2, -0.15) is 0 Å². The van der Waals surface area contributed by atoms with Crippen LogP contribution >= 0.6 is 0 Å². The van der Waals surface area contributed by atoms with Crippen molar-refractivity contribution in [3.05, 3.63) is 59.2 Å². The molecule has 0 fully saturated rings. The van der Waals surface area contributed by atoms with Crippen molar-refractivity contribution >= 4 is 5.91 Å². The number of amides is 1. The maximum Gasteiger partial charge on any atom is 0.274 e. The van der Waals surface area contributed by atoms with Crippen LogP contribution in [0.3, 0.4) is 0 Å². The highest BCUT2D eigenvalue weighted by molar-refractivity contribution is 5.93. The average molecular weight is 384 g/mol. The zero-order valence-electron chi connectivity index (χ0n) is 16.9. The fourth-order valence-corrected chi connectivity index (χ4v) is 3.45. The first-order valence-corrected chi connectivity index (χ1v) is 9.45. The third kappa shape index (κ3) is 3.98. The van der Waals surface area contributed by atoms with E-state index in [4.69, 9.17) is 14.7 Å². The summed E-state index contributed by atoms with van der Waals surface area (Å²) in [4.78, 5) is 14.2. The van der Waals surface area contributed by atoms with Crippen molar-refractivity contribution < 1.29 is 19.5 Å². The summed E-state index contributed by atoms with van der Waals surface area (Å²) in [5.74, 6) is 1.34. The smallest absolute Gasteiger partial charge is 0.274 e. The van der Waals surface area contributed by atoms with Crippen LogP contribution < -0.4 is 15.0 Å². The minimum Gasteiger partial charge on any atom is -0.497 e.